The maximum Gasteiger partial charge on any atom is 0.348 e. The third-order valence-corrected chi connectivity index (χ3v) is 5.95. The number of carbonyl (C=O) groups is 3. The number of rotatable bonds is 8. The Labute approximate surface area is 197 Å². The summed E-state index contributed by atoms with van der Waals surface area (Å²) in [6.45, 7) is 3.12. The Hall–Kier alpha value is -4.19. The first-order chi connectivity index (χ1) is 16.2. The SMILES string of the molecule is COC(=O)c1sc(NC(=O)c2ccc(COc3ccc([N+](=O)[O-])c(C)c3)o2)c(C(=O)OC)c1C. The van der Waals surface area contributed by atoms with Crippen molar-refractivity contribution in [1.29, 1.82) is 0 Å². The molecule has 3 aromatic rings. The summed E-state index contributed by atoms with van der Waals surface area (Å²) in [5, 5.41) is 13.6. The van der Waals surface area contributed by atoms with Crippen LogP contribution in [0.2, 0.25) is 0 Å². The van der Waals surface area contributed by atoms with Crippen LogP contribution < -0.4 is 10.1 Å². The number of benzene rings is 1. The number of esters is 2. The number of thiophene rings is 1. The van der Waals surface area contributed by atoms with Gasteiger partial charge in [-0.2, -0.15) is 0 Å². The van der Waals surface area contributed by atoms with Crippen LogP contribution in [0.15, 0.2) is 34.7 Å². The number of amides is 1. The number of nitrogens with zero attached hydrogens (tertiary/aromatic N) is 1. The molecule has 1 N–H and O–H groups in total. The van der Waals surface area contributed by atoms with E-state index in [1.54, 1.807) is 13.8 Å². The number of nitro benzene ring substituents is 1. The van der Waals surface area contributed by atoms with Crippen molar-refractivity contribution in [2.24, 2.45) is 0 Å². The number of nitrogens with one attached hydrogen (secondary N) is 1. The molecule has 178 valence electrons. The molecule has 0 bridgehead atoms. The van der Waals surface area contributed by atoms with Crippen LogP contribution in [-0.4, -0.2) is 37.0 Å². The molecule has 0 aliphatic rings. The number of carbonyl (C=O) groups excluding carboxylic acids is 3. The van der Waals surface area contributed by atoms with Gasteiger partial charge in [0.05, 0.1) is 24.7 Å². The summed E-state index contributed by atoms with van der Waals surface area (Å²) in [6.07, 6.45) is 0. The summed E-state index contributed by atoms with van der Waals surface area (Å²) in [4.78, 5) is 47.5. The topological polar surface area (TPSA) is 147 Å². The minimum absolute atomic E-state index is 0.0187. The van der Waals surface area contributed by atoms with Gasteiger partial charge in [-0.1, -0.05) is 0 Å². The lowest BCUT2D eigenvalue weighted by atomic mass is 10.1. The summed E-state index contributed by atoms with van der Waals surface area (Å²) in [7, 11) is 2.40. The summed E-state index contributed by atoms with van der Waals surface area (Å²) in [5.41, 5.74) is 0.798. The van der Waals surface area contributed by atoms with E-state index in [2.05, 4.69) is 5.32 Å². The first-order valence-electron chi connectivity index (χ1n) is 9.74. The monoisotopic (exact) mass is 488 g/mol. The number of methoxy groups -OCH3 is 2. The summed E-state index contributed by atoms with van der Waals surface area (Å²) in [5.74, 6) is -1.34. The molecule has 0 radical (unpaired) electrons. The van der Waals surface area contributed by atoms with Crippen molar-refractivity contribution in [1.82, 2.24) is 0 Å². The van der Waals surface area contributed by atoms with Crippen LogP contribution in [0.4, 0.5) is 10.7 Å². The van der Waals surface area contributed by atoms with Crippen molar-refractivity contribution >= 4 is 39.9 Å². The Kier molecular flexibility index (Phi) is 7.31. The van der Waals surface area contributed by atoms with E-state index in [1.807, 2.05) is 0 Å². The Morgan fingerprint density at radius 2 is 1.79 bits per heavy atom. The van der Waals surface area contributed by atoms with Gasteiger partial charge in [-0.05, 0) is 43.7 Å². The molecular formula is C22H20N2O9S. The molecule has 0 unspecified atom stereocenters. The average Bonchev–Trinajstić information content (AvgIpc) is 3.41. The molecular weight excluding hydrogens is 468 g/mol. The molecule has 0 saturated carbocycles. The molecule has 0 spiro atoms. The highest BCUT2D eigenvalue weighted by atomic mass is 32.1. The fourth-order valence-electron chi connectivity index (χ4n) is 3.06. The molecule has 1 amide bonds. The lowest BCUT2D eigenvalue weighted by molar-refractivity contribution is -0.385. The maximum atomic E-state index is 12.7. The Bertz CT molecular complexity index is 1280. The van der Waals surface area contributed by atoms with Crippen molar-refractivity contribution in [3.8, 4) is 5.75 Å². The average molecular weight is 488 g/mol. The van der Waals surface area contributed by atoms with Gasteiger partial charge < -0.3 is 23.9 Å². The first kappa shape index (κ1) is 24.5. The normalized spacial score (nSPS) is 10.5. The van der Waals surface area contributed by atoms with E-state index >= 15 is 0 Å². The first-order valence-corrected chi connectivity index (χ1v) is 10.6. The van der Waals surface area contributed by atoms with Gasteiger partial charge in [0, 0.05) is 11.6 Å². The van der Waals surface area contributed by atoms with E-state index in [-0.39, 0.29) is 33.5 Å². The van der Waals surface area contributed by atoms with Crippen LogP contribution >= 0.6 is 11.3 Å². The van der Waals surface area contributed by atoms with Crippen molar-refractivity contribution in [2.45, 2.75) is 20.5 Å². The van der Waals surface area contributed by atoms with Crippen LogP contribution in [-0.2, 0) is 16.1 Å². The van der Waals surface area contributed by atoms with Gasteiger partial charge in [0.25, 0.3) is 11.6 Å². The minimum atomic E-state index is -0.717. The molecule has 0 aliphatic carbocycles. The second-order valence-corrected chi connectivity index (χ2v) is 7.98. The van der Waals surface area contributed by atoms with Crippen molar-refractivity contribution in [3.05, 3.63) is 73.5 Å². The van der Waals surface area contributed by atoms with Crippen LogP contribution in [0.25, 0.3) is 0 Å². The van der Waals surface area contributed by atoms with Gasteiger partial charge in [-0.15, -0.1) is 11.3 Å². The highest BCUT2D eigenvalue weighted by molar-refractivity contribution is 7.18. The molecule has 12 heteroatoms. The van der Waals surface area contributed by atoms with Gasteiger partial charge in [0.15, 0.2) is 5.76 Å². The second-order valence-electron chi connectivity index (χ2n) is 6.96. The summed E-state index contributed by atoms with van der Waals surface area (Å²) in [6, 6.07) is 7.30. The number of aryl methyl sites for hydroxylation is 1. The van der Waals surface area contributed by atoms with Crippen LogP contribution in [0.1, 0.15) is 47.5 Å². The number of anilines is 1. The minimum Gasteiger partial charge on any atom is -0.486 e. The fraction of sp³-hybridized carbons (Fsp3) is 0.227. The second kappa shape index (κ2) is 10.2. The Morgan fingerprint density at radius 1 is 1.09 bits per heavy atom. The van der Waals surface area contributed by atoms with E-state index in [4.69, 9.17) is 18.6 Å². The molecule has 0 saturated heterocycles. The molecule has 1 aromatic carbocycles. The molecule has 0 fully saturated rings. The smallest absolute Gasteiger partial charge is 0.348 e. The van der Waals surface area contributed by atoms with Crippen molar-refractivity contribution in [2.75, 3.05) is 19.5 Å². The highest BCUT2D eigenvalue weighted by Gasteiger charge is 2.27. The van der Waals surface area contributed by atoms with Gasteiger partial charge in [0.2, 0.25) is 0 Å². The van der Waals surface area contributed by atoms with E-state index in [9.17, 15) is 24.5 Å². The highest BCUT2D eigenvalue weighted by Crippen LogP contribution is 2.34. The molecule has 3 rings (SSSR count). The predicted molar refractivity (Wildman–Crippen MR) is 121 cm³/mol. The van der Waals surface area contributed by atoms with Gasteiger partial charge in [-0.25, -0.2) is 9.59 Å². The third kappa shape index (κ3) is 5.07. The summed E-state index contributed by atoms with van der Waals surface area (Å²) < 4.78 is 20.6. The molecule has 0 aliphatic heterocycles. The van der Waals surface area contributed by atoms with E-state index in [0.717, 1.165) is 11.3 Å². The predicted octanol–water partition coefficient (Wildman–Crippen LogP) is 4.27. The zero-order chi connectivity index (χ0) is 25.0. The zero-order valence-electron chi connectivity index (χ0n) is 18.6. The third-order valence-electron chi connectivity index (χ3n) is 4.77. The maximum absolute atomic E-state index is 12.7. The molecule has 2 heterocycles. The number of furan rings is 1. The number of hydrogen-bond donors (Lipinski definition) is 1. The van der Waals surface area contributed by atoms with Crippen molar-refractivity contribution < 1.29 is 37.9 Å². The zero-order valence-corrected chi connectivity index (χ0v) is 19.4. The van der Waals surface area contributed by atoms with Gasteiger partial charge >= 0.3 is 11.9 Å². The van der Waals surface area contributed by atoms with Crippen LogP contribution in [0, 0.1) is 24.0 Å². The molecule has 11 nitrogen and oxygen atoms in total. The summed E-state index contributed by atoms with van der Waals surface area (Å²) >= 11 is 0.883. The van der Waals surface area contributed by atoms with Gasteiger partial charge in [0.1, 0.15) is 28.0 Å². The van der Waals surface area contributed by atoms with Gasteiger partial charge in [-0.3, -0.25) is 14.9 Å². The lowest BCUT2D eigenvalue weighted by Gasteiger charge is -2.06. The van der Waals surface area contributed by atoms with E-state index in [0.29, 0.717) is 22.6 Å². The number of ether oxygens (including phenoxy) is 3. The van der Waals surface area contributed by atoms with E-state index in [1.165, 1.54) is 44.6 Å². The quantitative estimate of drug-likeness (QED) is 0.279. The number of hydrogen-bond acceptors (Lipinski definition) is 10. The largest absolute Gasteiger partial charge is 0.486 e. The Morgan fingerprint density at radius 3 is 2.41 bits per heavy atom. The van der Waals surface area contributed by atoms with Crippen LogP contribution in [0.3, 0.4) is 0 Å². The molecule has 2 aromatic heterocycles. The standard InChI is InChI=1S/C22H20N2O9S/c1-11-9-13(5-7-15(11)24(28)29)32-10-14-6-8-16(33-14)19(25)23-20-17(21(26)30-3)12(2)18(34-20)22(27)31-4/h5-9H,10H2,1-4H3,(H,23,25). The van der Waals surface area contributed by atoms with Crippen molar-refractivity contribution in [3.63, 3.8) is 0 Å². The Balaban J connectivity index is 1.73. The fourth-order valence-corrected chi connectivity index (χ4v) is 4.16. The lowest BCUT2D eigenvalue weighted by Crippen LogP contribution is -2.13. The molecule has 34 heavy (non-hydrogen) atoms. The van der Waals surface area contributed by atoms with E-state index < -0.39 is 22.8 Å². The number of nitro groups is 1. The van der Waals surface area contributed by atoms with Crippen LogP contribution in [0.5, 0.6) is 5.75 Å². The molecule has 0 atom stereocenters.